The number of amides is 3. The third-order valence-electron chi connectivity index (χ3n) is 7.05. The molecule has 12 heteroatoms. The first-order chi connectivity index (χ1) is 21.5. The van der Waals surface area contributed by atoms with Crippen LogP contribution in [0.1, 0.15) is 43.0 Å². The zero-order valence-electron chi connectivity index (χ0n) is 25.2. The van der Waals surface area contributed by atoms with Crippen molar-refractivity contribution in [3.05, 3.63) is 106 Å². The van der Waals surface area contributed by atoms with Crippen LogP contribution in [0, 0.1) is 0 Å². The number of benzene rings is 3. The smallest absolute Gasteiger partial charge is 0.410 e. The van der Waals surface area contributed by atoms with E-state index >= 15 is 0 Å². The number of hydrogen-bond donors (Lipinski definition) is 2. The molecule has 1 unspecified atom stereocenters. The van der Waals surface area contributed by atoms with Crippen LogP contribution in [0.15, 0.2) is 79.1 Å². The van der Waals surface area contributed by atoms with E-state index in [1.54, 1.807) is 35.2 Å². The molecule has 1 aliphatic rings. The summed E-state index contributed by atoms with van der Waals surface area (Å²) >= 11 is 6.20. The van der Waals surface area contributed by atoms with Crippen molar-refractivity contribution < 1.29 is 19.1 Å². The third kappa shape index (κ3) is 8.54. The van der Waals surface area contributed by atoms with Gasteiger partial charge < -0.3 is 20.3 Å². The predicted octanol–water partition coefficient (Wildman–Crippen LogP) is 4.99. The Kier molecular flexibility index (Phi) is 9.58. The number of tetrazole rings is 1. The van der Waals surface area contributed by atoms with E-state index in [2.05, 4.69) is 26.2 Å². The number of halogens is 1. The molecule has 4 aromatic rings. The molecule has 1 aromatic heterocycles. The summed E-state index contributed by atoms with van der Waals surface area (Å²) in [5.41, 5.74) is 4.22. The van der Waals surface area contributed by atoms with Crippen molar-refractivity contribution in [3.8, 4) is 5.69 Å². The summed E-state index contributed by atoms with van der Waals surface area (Å²) in [4.78, 5) is 40.9. The minimum Gasteiger partial charge on any atom is -0.444 e. The molecule has 0 bridgehead atoms. The van der Waals surface area contributed by atoms with Gasteiger partial charge in [0.15, 0.2) is 0 Å². The number of rotatable bonds is 8. The molecule has 2 N–H and O–H groups in total. The predicted molar refractivity (Wildman–Crippen MR) is 171 cm³/mol. The van der Waals surface area contributed by atoms with Crippen molar-refractivity contribution in [2.24, 2.45) is 0 Å². The summed E-state index contributed by atoms with van der Waals surface area (Å²) in [6.07, 6.45) is 4.96. The molecule has 0 saturated heterocycles. The Morgan fingerprint density at radius 2 is 1.84 bits per heavy atom. The van der Waals surface area contributed by atoms with Crippen LogP contribution >= 0.6 is 11.6 Å². The summed E-state index contributed by atoms with van der Waals surface area (Å²) < 4.78 is 6.99. The van der Waals surface area contributed by atoms with E-state index in [4.69, 9.17) is 16.3 Å². The molecule has 1 aliphatic heterocycles. The van der Waals surface area contributed by atoms with Crippen LogP contribution in [0.4, 0.5) is 10.5 Å². The van der Waals surface area contributed by atoms with E-state index in [1.807, 2.05) is 63.2 Å². The highest BCUT2D eigenvalue weighted by Crippen LogP contribution is 2.25. The fourth-order valence-corrected chi connectivity index (χ4v) is 5.11. The number of aromatic nitrogens is 4. The van der Waals surface area contributed by atoms with E-state index < -0.39 is 17.6 Å². The molecule has 0 fully saturated rings. The van der Waals surface area contributed by atoms with E-state index in [0.29, 0.717) is 41.5 Å². The van der Waals surface area contributed by atoms with Gasteiger partial charge in [0, 0.05) is 41.9 Å². The maximum atomic E-state index is 13.6. The minimum atomic E-state index is -0.860. The average molecular weight is 628 g/mol. The van der Waals surface area contributed by atoms with Crippen LogP contribution < -0.4 is 10.6 Å². The monoisotopic (exact) mass is 627 g/mol. The number of carbonyl (C=O) groups is 3. The highest BCUT2D eigenvalue weighted by molar-refractivity contribution is 6.30. The summed E-state index contributed by atoms with van der Waals surface area (Å²) in [5, 5.41) is 17.5. The SMILES string of the molecule is CC(C)(C)OC(=O)N1CCc2cc(NC(=O)C(Cc3ccccc3)NC(=O)C=Cc3cc(Cl)ccc3-n3cnnn3)ccc2C1. The Labute approximate surface area is 266 Å². The standard InChI is InChI=1S/C33H34ClN7O4/c1-33(2,3)45-32(44)40-16-15-23-19-27(12-9-25(23)20-40)36-31(43)28(17-22-7-5-4-6-8-22)37-30(42)14-10-24-18-26(34)11-13-29(24)41-21-35-38-39-41/h4-14,18-19,21,28H,15-17,20H2,1-3H3,(H,36,43)(H,37,42). The van der Waals surface area contributed by atoms with Gasteiger partial charge in [-0.25, -0.2) is 4.79 Å². The first kappa shape index (κ1) is 31.4. The zero-order chi connectivity index (χ0) is 32.0. The molecule has 1 atom stereocenters. The minimum absolute atomic E-state index is 0.287. The number of nitrogens with zero attached hydrogens (tertiary/aromatic N) is 5. The number of ether oxygens (including phenoxy) is 1. The van der Waals surface area contributed by atoms with Gasteiger partial charge >= 0.3 is 6.09 Å². The second-order valence-electron chi connectivity index (χ2n) is 11.7. The van der Waals surface area contributed by atoms with Crippen LogP contribution in [0.25, 0.3) is 11.8 Å². The van der Waals surface area contributed by atoms with Crippen LogP contribution in [0.5, 0.6) is 0 Å². The molecule has 3 aromatic carbocycles. The van der Waals surface area contributed by atoms with Gasteiger partial charge in [-0.05, 0) is 90.7 Å². The lowest BCUT2D eigenvalue weighted by Crippen LogP contribution is -2.44. The fourth-order valence-electron chi connectivity index (χ4n) is 4.93. The van der Waals surface area contributed by atoms with Gasteiger partial charge in [0.1, 0.15) is 18.0 Å². The lowest BCUT2D eigenvalue weighted by atomic mass is 9.99. The lowest BCUT2D eigenvalue weighted by molar-refractivity contribution is -0.123. The maximum absolute atomic E-state index is 13.6. The molecule has 232 valence electrons. The number of carbonyl (C=O) groups excluding carboxylic acids is 3. The van der Waals surface area contributed by atoms with Crippen molar-refractivity contribution in [1.29, 1.82) is 0 Å². The van der Waals surface area contributed by atoms with Crippen LogP contribution in [-0.2, 0) is 33.7 Å². The van der Waals surface area contributed by atoms with Gasteiger partial charge in [-0.3, -0.25) is 9.59 Å². The van der Waals surface area contributed by atoms with Gasteiger partial charge in [0.05, 0.1) is 5.69 Å². The number of anilines is 1. The summed E-state index contributed by atoms with van der Waals surface area (Å²) in [6.45, 7) is 6.47. The number of hydrogen-bond acceptors (Lipinski definition) is 7. The van der Waals surface area contributed by atoms with E-state index in [0.717, 1.165) is 16.7 Å². The molecular formula is C33H34ClN7O4. The van der Waals surface area contributed by atoms with Gasteiger partial charge in [0.2, 0.25) is 11.8 Å². The highest BCUT2D eigenvalue weighted by Gasteiger charge is 2.26. The second-order valence-corrected chi connectivity index (χ2v) is 12.1. The molecular weight excluding hydrogens is 594 g/mol. The third-order valence-corrected chi connectivity index (χ3v) is 7.29. The molecule has 0 radical (unpaired) electrons. The van der Waals surface area contributed by atoms with Crippen molar-refractivity contribution in [2.75, 3.05) is 11.9 Å². The molecule has 11 nitrogen and oxygen atoms in total. The molecule has 0 spiro atoms. The molecule has 5 rings (SSSR count). The van der Waals surface area contributed by atoms with Crippen molar-refractivity contribution in [2.45, 2.75) is 51.8 Å². The van der Waals surface area contributed by atoms with Gasteiger partial charge in [-0.1, -0.05) is 48.0 Å². The summed E-state index contributed by atoms with van der Waals surface area (Å²) in [7, 11) is 0. The van der Waals surface area contributed by atoms with E-state index in [-0.39, 0.29) is 18.4 Å². The highest BCUT2D eigenvalue weighted by atomic mass is 35.5. The van der Waals surface area contributed by atoms with Gasteiger partial charge in [-0.2, -0.15) is 4.68 Å². The second kappa shape index (κ2) is 13.7. The van der Waals surface area contributed by atoms with Crippen molar-refractivity contribution in [3.63, 3.8) is 0 Å². The average Bonchev–Trinajstić information content (AvgIpc) is 3.54. The van der Waals surface area contributed by atoms with Crippen molar-refractivity contribution in [1.82, 2.24) is 30.4 Å². The topological polar surface area (TPSA) is 131 Å². The van der Waals surface area contributed by atoms with Gasteiger partial charge in [-0.15, -0.1) is 5.10 Å². The first-order valence-corrected chi connectivity index (χ1v) is 14.9. The normalized spacial score (nSPS) is 13.6. The van der Waals surface area contributed by atoms with Crippen LogP contribution in [0.2, 0.25) is 5.02 Å². The number of fused-ring (bicyclic) bond motifs is 1. The molecule has 45 heavy (non-hydrogen) atoms. The molecule has 0 aliphatic carbocycles. The van der Waals surface area contributed by atoms with Gasteiger partial charge in [0.25, 0.3) is 0 Å². The Hall–Kier alpha value is -5.03. The van der Waals surface area contributed by atoms with Crippen molar-refractivity contribution >= 4 is 41.3 Å². The number of nitrogens with one attached hydrogen (secondary N) is 2. The zero-order valence-corrected chi connectivity index (χ0v) is 26.0. The quantitative estimate of drug-likeness (QED) is 0.263. The molecule has 3 amide bonds. The lowest BCUT2D eigenvalue weighted by Gasteiger charge is -2.31. The molecule has 0 saturated carbocycles. The Morgan fingerprint density at radius 3 is 2.58 bits per heavy atom. The van der Waals surface area contributed by atoms with E-state index in [9.17, 15) is 14.4 Å². The summed E-state index contributed by atoms with van der Waals surface area (Å²) in [6, 6.07) is 19.4. The Morgan fingerprint density at radius 1 is 1.04 bits per heavy atom. The van der Waals surface area contributed by atoms with Crippen LogP contribution in [-0.4, -0.2) is 61.2 Å². The summed E-state index contributed by atoms with van der Waals surface area (Å²) in [5.74, 6) is -0.815. The maximum Gasteiger partial charge on any atom is 0.410 e. The van der Waals surface area contributed by atoms with E-state index in [1.165, 1.54) is 17.1 Å². The Bertz CT molecular complexity index is 1700. The largest absolute Gasteiger partial charge is 0.444 e. The first-order valence-electron chi connectivity index (χ1n) is 14.5. The molecule has 2 heterocycles. The Balaban J connectivity index is 1.29. The van der Waals surface area contributed by atoms with Crippen LogP contribution in [0.3, 0.4) is 0 Å². The fraction of sp³-hybridized carbons (Fsp3) is 0.273.